The van der Waals surface area contributed by atoms with E-state index in [-0.39, 0.29) is 24.0 Å². The van der Waals surface area contributed by atoms with Gasteiger partial charge in [0.25, 0.3) is 0 Å². The van der Waals surface area contributed by atoms with Gasteiger partial charge in [-0.25, -0.2) is 0 Å². The quantitative estimate of drug-likeness (QED) is 0.797. The summed E-state index contributed by atoms with van der Waals surface area (Å²) in [6, 6.07) is 5.67. The van der Waals surface area contributed by atoms with Crippen LogP contribution in [-0.4, -0.2) is 36.3 Å². The lowest BCUT2D eigenvalue weighted by Crippen LogP contribution is -2.57. The zero-order valence-electron chi connectivity index (χ0n) is 11.6. The van der Waals surface area contributed by atoms with Crippen LogP contribution in [0.3, 0.4) is 0 Å². The molecule has 0 atom stereocenters. The molecule has 8 heteroatoms. The van der Waals surface area contributed by atoms with Crippen molar-refractivity contribution in [1.82, 2.24) is 15.3 Å². The second kappa shape index (κ2) is 5.53. The van der Waals surface area contributed by atoms with Crippen LogP contribution in [0.4, 0.5) is 13.2 Å². The molecule has 22 heavy (non-hydrogen) atoms. The summed E-state index contributed by atoms with van der Waals surface area (Å²) in [5.41, 5.74) is 2.01. The Hall–Kier alpha value is -2.22. The van der Waals surface area contributed by atoms with E-state index in [2.05, 4.69) is 16.1 Å². The maximum Gasteiger partial charge on any atom is 0.418 e. The van der Waals surface area contributed by atoms with Crippen LogP contribution in [0.5, 0.6) is 0 Å². The SMILES string of the molecule is O=C(CNn1ccc2cccc(C(F)(F)F)c21)NC1CNC1. The van der Waals surface area contributed by atoms with Gasteiger partial charge < -0.3 is 16.1 Å². The van der Waals surface area contributed by atoms with Crippen molar-refractivity contribution < 1.29 is 18.0 Å². The fraction of sp³-hybridized carbons (Fsp3) is 0.357. The molecule has 0 bridgehead atoms. The summed E-state index contributed by atoms with van der Waals surface area (Å²) >= 11 is 0. The highest BCUT2D eigenvalue weighted by molar-refractivity contribution is 5.85. The lowest BCUT2D eigenvalue weighted by Gasteiger charge is -2.28. The number of amides is 1. The predicted molar refractivity (Wildman–Crippen MR) is 76.0 cm³/mol. The smallest absolute Gasteiger partial charge is 0.349 e. The predicted octanol–water partition coefficient (Wildman–Crippen LogP) is 1.29. The molecule has 3 rings (SSSR count). The minimum Gasteiger partial charge on any atom is -0.349 e. The number of hydrogen-bond donors (Lipinski definition) is 3. The first-order chi connectivity index (χ1) is 10.4. The molecular formula is C14H15F3N4O. The number of fused-ring (bicyclic) bond motifs is 1. The number of aromatic nitrogens is 1. The van der Waals surface area contributed by atoms with Crippen molar-refractivity contribution in [2.45, 2.75) is 12.2 Å². The van der Waals surface area contributed by atoms with Crippen molar-refractivity contribution in [3.8, 4) is 0 Å². The summed E-state index contributed by atoms with van der Waals surface area (Å²) in [7, 11) is 0. The Labute approximate surface area is 124 Å². The van der Waals surface area contributed by atoms with Gasteiger partial charge in [0.2, 0.25) is 5.91 Å². The standard InChI is InChI=1S/C14H15F3N4O/c15-14(16,17)11-3-1-2-9-4-5-21(13(9)11)19-8-12(22)20-10-6-18-7-10/h1-5,10,18-19H,6-8H2,(H,20,22). The molecule has 2 aromatic rings. The maximum absolute atomic E-state index is 13.1. The van der Waals surface area contributed by atoms with E-state index in [4.69, 9.17) is 0 Å². The lowest BCUT2D eigenvalue weighted by molar-refractivity contribution is -0.136. The fourth-order valence-corrected chi connectivity index (χ4v) is 2.38. The van der Waals surface area contributed by atoms with E-state index in [9.17, 15) is 18.0 Å². The second-order valence-electron chi connectivity index (χ2n) is 5.18. The number of nitrogens with zero attached hydrogens (tertiary/aromatic N) is 1. The van der Waals surface area contributed by atoms with Gasteiger partial charge >= 0.3 is 6.18 Å². The molecule has 1 aliphatic heterocycles. The summed E-state index contributed by atoms with van der Waals surface area (Å²) in [6.07, 6.45) is -2.96. The lowest BCUT2D eigenvalue weighted by atomic mass is 10.1. The number of nitrogens with one attached hydrogen (secondary N) is 3. The molecule has 1 saturated heterocycles. The van der Waals surface area contributed by atoms with E-state index in [0.29, 0.717) is 5.39 Å². The van der Waals surface area contributed by atoms with Gasteiger partial charge in [0.15, 0.2) is 0 Å². The summed E-state index contributed by atoms with van der Waals surface area (Å²) in [5, 5.41) is 6.26. The van der Waals surface area contributed by atoms with Crippen molar-refractivity contribution in [2.24, 2.45) is 0 Å². The monoisotopic (exact) mass is 312 g/mol. The Bertz CT molecular complexity index is 691. The van der Waals surface area contributed by atoms with Gasteiger partial charge in [-0.15, -0.1) is 0 Å². The number of carbonyl (C=O) groups is 1. The zero-order valence-corrected chi connectivity index (χ0v) is 11.6. The summed E-state index contributed by atoms with van der Waals surface area (Å²) in [4.78, 5) is 11.7. The first-order valence-electron chi connectivity index (χ1n) is 6.86. The largest absolute Gasteiger partial charge is 0.418 e. The minimum absolute atomic E-state index is 0.0214. The molecule has 5 nitrogen and oxygen atoms in total. The topological polar surface area (TPSA) is 58.1 Å². The number of hydrogen-bond acceptors (Lipinski definition) is 3. The van der Waals surface area contributed by atoms with Crippen LogP contribution in [0.15, 0.2) is 30.5 Å². The highest BCUT2D eigenvalue weighted by Crippen LogP contribution is 2.34. The molecular weight excluding hydrogens is 297 g/mol. The minimum atomic E-state index is -4.45. The Morgan fingerprint density at radius 1 is 1.32 bits per heavy atom. The average molecular weight is 312 g/mol. The number of halogens is 3. The molecule has 1 aromatic heterocycles. The van der Waals surface area contributed by atoms with Gasteiger partial charge in [-0.2, -0.15) is 13.2 Å². The van der Waals surface area contributed by atoms with E-state index in [1.807, 2.05) is 0 Å². The van der Waals surface area contributed by atoms with Crippen LogP contribution < -0.4 is 16.1 Å². The van der Waals surface area contributed by atoms with Crippen LogP contribution in [0.25, 0.3) is 10.9 Å². The van der Waals surface area contributed by atoms with Crippen molar-refractivity contribution in [1.29, 1.82) is 0 Å². The highest BCUT2D eigenvalue weighted by Gasteiger charge is 2.33. The maximum atomic E-state index is 13.1. The van der Waals surface area contributed by atoms with E-state index in [1.165, 1.54) is 16.9 Å². The molecule has 1 fully saturated rings. The molecule has 0 spiro atoms. The summed E-state index contributed by atoms with van der Waals surface area (Å²) < 4.78 is 40.5. The van der Waals surface area contributed by atoms with Crippen LogP contribution in [0.1, 0.15) is 5.56 Å². The third-order valence-corrected chi connectivity index (χ3v) is 3.57. The average Bonchev–Trinajstić information content (AvgIpc) is 2.82. The first-order valence-corrected chi connectivity index (χ1v) is 6.86. The van der Waals surface area contributed by atoms with Crippen molar-refractivity contribution in [3.05, 3.63) is 36.0 Å². The Kier molecular flexibility index (Phi) is 3.69. The highest BCUT2D eigenvalue weighted by atomic mass is 19.4. The van der Waals surface area contributed by atoms with E-state index in [0.717, 1.165) is 19.2 Å². The van der Waals surface area contributed by atoms with Crippen molar-refractivity contribution >= 4 is 16.8 Å². The van der Waals surface area contributed by atoms with Gasteiger partial charge in [-0.05, 0) is 12.1 Å². The molecule has 0 saturated carbocycles. The molecule has 3 N–H and O–H groups in total. The zero-order chi connectivity index (χ0) is 15.7. The first kappa shape index (κ1) is 14.7. The third kappa shape index (κ3) is 2.87. The van der Waals surface area contributed by atoms with E-state index in [1.54, 1.807) is 12.1 Å². The fourth-order valence-electron chi connectivity index (χ4n) is 2.38. The number of carbonyl (C=O) groups excluding carboxylic acids is 1. The number of para-hydroxylation sites is 1. The van der Waals surface area contributed by atoms with Gasteiger partial charge in [0, 0.05) is 24.7 Å². The molecule has 118 valence electrons. The molecule has 1 aromatic carbocycles. The second-order valence-corrected chi connectivity index (χ2v) is 5.18. The Morgan fingerprint density at radius 3 is 2.73 bits per heavy atom. The number of rotatable bonds is 4. The number of alkyl halides is 3. The molecule has 2 heterocycles. The molecule has 0 radical (unpaired) electrons. The van der Waals surface area contributed by atoms with Gasteiger partial charge in [0.05, 0.1) is 17.1 Å². The van der Waals surface area contributed by atoms with E-state index < -0.39 is 11.7 Å². The van der Waals surface area contributed by atoms with Gasteiger partial charge in [0.1, 0.15) is 6.54 Å². The van der Waals surface area contributed by atoms with Crippen molar-refractivity contribution in [2.75, 3.05) is 25.1 Å². The third-order valence-electron chi connectivity index (χ3n) is 3.57. The van der Waals surface area contributed by atoms with Crippen molar-refractivity contribution in [3.63, 3.8) is 0 Å². The molecule has 0 aliphatic carbocycles. The van der Waals surface area contributed by atoms with Gasteiger partial charge in [-0.3, -0.25) is 9.47 Å². The van der Waals surface area contributed by atoms with Crippen LogP contribution >= 0.6 is 0 Å². The van der Waals surface area contributed by atoms with Crippen LogP contribution in [0.2, 0.25) is 0 Å². The molecule has 0 unspecified atom stereocenters. The Morgan fingerprint density at radius 2 is 2.09 bits per heavy atom. The van der Waals surface area contributed by atoms with Crippen LogP contribution in [-0.2, 0) is 11.0 Å². The molecule has 1 aliphatic rings. The molecule has 1 amide bonds. The summed E-state index contributed by atoms with van der Waals surface area (Å²) in [5.74, 6) is -0.252. The normalized spacial score (nSPS) is 15.6. The summed E-state index contributed by atoms with van der Waals surface area (Å²) in [6.45, 7) is 1.35. The van der Waals surface area contributed by atoms with Crippen LogP contribution in [0, 0.1) is 0 Å². The van der Waals surface area contributed by atoms with Gasteiger partial charge in [-0.1, -0.05) is 12.1 Å². The Balaban J connectivity index is 1.77. The number of benzene rings is 1. The van der Waals surface area contributed by atoms with E-state index >= 15 is 0 Å².